The zero-order valence-electron chi connectivity index (χ0n) is 14.8. The van der Waals surface area contributed by atoms with Crippen LogP contribution in [-0.4, -0.2) is 60.0 Å². The van der Waals surface area contributed by atoms with Gasteiger partial charge < -0.3 is 14.5 Å². The van der Waals surface area contributed by atoms with Crippen LogP contribution in [0.5, 0.6) is 0 Å². The Labute approximate surface area is 147 Å². The number of nitrogens with zero attached hydrogens (tertiary/aromatic N) is 2. The maximum Gasteiger partial charge on any atom is 0.228 e. The topological polar surface area (TPSA) is 49.9 Å². The van der Waals surface area contributed by atoms with Crippen LogP contribution in [0.3, 0.4) is 0 Å². The average Bonchev–Trinajstić information content (AvgIpc) is 2.93. The van der Waals surface area contributed by atoms with Gasteiger partial charge in [0.05, 0.1) is 18.1 Å². The number of ether oxygens (including phenoxy) is 1. The summed E-state index contributed by atoms with van der Waals surface area (Å²) in [5, 5.41) is 0. The number of hydrogen-bond donors (Lipinski definition) is 0. The fraction of sp³-hybridized carbons (Fsp3) is 0.579. The number of amides is 2. The summed E-state index contributed by atoms with van der Waals surface area (Å²) in [6, 6.07) is 6.31. The molecule has 2 amide bonds. The molecule has 0 N–H and O–H groups in total. The van der Waals surface area contributed by atoms with Crippen LogP contribution < -0.4 is 0 Å². The van der Waals surface area contributed by atoms with E-state index in [2.05, 4.69) is 0 Å². The van der Waals surface area contributed by atoms with Crippen molar-refractivity contribution in [1.82, 2.24) is 9.80 Å². The van der Waals surface area contributed by atoms with Crippen molar-refractivity contribution in [3.05, 3.63) is 35.6 Å². The first-order valence-corrected chi connectivity index (χ1v) is 8.89. The highest BCUT2D eigenvalue weighted by atomic mass is 19.1. The van der Waals surface area contributed by atoms with Crippen molar-refractivity contribution in [3.63, 3.8) is 0 Å². The summed E-state index contributed by atoms with van der Waals surface area (Å²) >= 11 is 0. The maximum absolute atomic E-state index is 12.9. The lowest BCUT2D eigenvalue weighted by atomic mass is 10.1. The molecule has 2 aliphatic rings. The molecule has 5 nitrogen and oxygen atoms in total. The van der Waals surface area contributed by atoms with Gasteiger partial charge in [-0.25, -0.2) is 4.39 Å². The van der Waals surface area contributed by atoms with Gasteiger partial charge in [-0.15, -0.1) is 0 Å². The van der Waals surface area contributed by atoms with Crippen LogP contribution in [0.25, 0.3) is 0 Å². The summed E-state index contributed by atoms with van der Waals surface area (Å²) in [5.41, 5.74) is 0.986. The first kappa shape index (κ1) is 17.9. The van der Waals surface area contributed by atoms with Gasteiger partial charge >= 0.3 is 0 Å². The highest BCUT2D eigenvalue weighted by molar-refractivity contribution is 5.89. The number of likely N-dealkylation sites (tertiary alicyclic amines) is 1. The highest BCUT2D eigenvalue weighted by Gasteiger charge is 2.38. The van der Waals surface area contributed by atoms with Gasteiger partial charge in [0.15, 0.2) is 0 Å². The molecular formula is C19H25FN2O3. The van der Waals surface area contributed by atoms with Crippen LogP contribution in [0.15, 0.2) is 24.3 Å². The van der Waals surface area contributed by atoms with Gasteiger partial charge in [-0.2, -0.15) is 0 Å². The fourth-order valence-electron chi connectivity index (χ4n) is 3.68. The lowest BCUT2D eigenvalue weighted by Crippen LogP contribution is -2.50. The zero-order valence-corrected chi connectivity index (χ0v) is 14.8. The van der Waals surface area contributed by atoms with Crippen molar-refractivity contribution in [2.75, 3.05) is 26.2 Å². The number of carbonyl (C=O) groups is 2. The summed E-state index contributed by atoms with van der Waals surface area (Å²) in [4.78, 5) is 28.6. The molecule has 2 fully saturated rings. The second-order valence-corrected chi connectivity index (χ2v) is 7.12. The Balaban J connectivity index is 1.54. The summed E-state index contributed by atoms with van der Waals surface area (Å²) < 4.78 is 18.6. The number of halogens is 1. The lowest BCUT2D eigenvalue weighted by Gasteiger charge is -2.36. The molecule has 3 atom stereocenters. The van der Waals surface area contributed by atoms with E-state index in [-0.39, 0.29) is 42.2 Å². The van der Waals surface area contributed by atoms with E-state index in [9.17, 15) is 14.0 Å². The molecule has 0 spiro atoms. The smallest absolute Gasteiger partial charge is 0.228 e. The largest absolute Gasteiger partial charge is 0.372 e. The van der Waals surface area contributed by atoms with Gasteiger partial charge in [-0.1, -0.05) is 12.1 Å². The molecule has 0 bridgehead atoms. The number of morpholine rings is 1. The molecular weight excluding hydrogens is 323 g/mol. The normalized spacial score (nSPS) is 27.0. The van der Waals surface area contributed by atoms with Gasteiger partial charge in [0, 0.05) is 32.6 Å². The Bertz CT molecular complexity index is 624. The third-order valence-electron chi connectivity index (χ3n) is 4.88. The lowest BCUT2D eigenvalue weighted by molar-refractivity contribution is -0.147. The molecule has 0 unspecified atom stereocenters. The molecule has 136 valence electrons. The van der Waals surface area contributed by atoms with Crippen molar-refractivity contribution in [2.45, 2.75) is 38.9 Å². The summed E-state index contributed by atoms with van der Waals surface area (Å²) in [7, 11) is 0. The van der Waals surface area contributed by atoms with Gasteiger partial charge in [-0.3, -0.25) is 9.59 Å². The van der Waals surface area contributed by atoms with Crippen LogP contribution >= 0.6 is 0 Å². The minimum Gasteiger partial charge on any atom is -0.372 e. The first-order valence-electron chi connectivity index (χ1n) is 8.89. The van der Waals surface area contributed by atoms with Gasteiger partial charge in [0.25, 0.3) is 0 Å². The van der Waals surface area contributed by atoms with Gasteiger partial charge in [0.2, 0.25) is 11.8 Å². The van der Waals surface area contributed by atoms with Crippen LogP contribution in [0.4, 0.5) is 4.39 Å². The molecule has 6 heteroatoms. The number of carbonyl (C=O) groups excluding carboxylic acids is 2. The first-order chi connectivity index (χ1) is 11.9. The Morgan fingerprint density at radius 2 is 1.80 bits per heavy atom. The van der Waals surface area contributed by atoms with Crippen molar-refractivity contribution < 1.29 is 18.7 Å². The second-order valence-electron chi connectivity index (χ2n) is 7.12. The zero-order chi connectivity index (χ0) is 18.0. The Morgan fingerprint density at radius 1 is 1.16 bits per heavy atom. The Morgan fingerprint density at radius 3 is 2.44 bits per heavy atom. The summed E-state index contributed by atoms with van der Waals surface area (Å²) in [6.07, 6.45) is 1.000. The predicted octanol–water partition coefficient (Wildman–Crippen LogP) is 1.85. The van der Waals surface area contributed by atoms with Gasteiger partial charge in [-0.05, 0) is 38.0 Å². The molecule has 2 aliphatic heterocycles. The van der Waals surface area contributed by atoms with Crippen molar-refractivity contribution >= 4 is 11.8 Å². The van der Waals surface area contributed by atoms with Crippen molar-refractivity contribution in [3.8, 4) is 0 Å². The van der Waals surface area contributed by atoms with E-state index in [4.69, 9.17) is 4.74 Å². The third-order valence-corrected chi connectivity index (χ3v) is 4.88. The molecule has 0 aliphatic carbocycles. The van der Waals surface area contributed by atoms with Crippen LogP contribution in [0.1, 0.15) is 25.8 Å². The van der Waals surface area contributed by atoms with E-state index in [1.54, 1.807) is 17.0 Å². The summed E-state index contributed by atoms with van der Waals surface area (Å²) in [5.74, 6) is -0.451. The SMILES string of the molecule is C[C@H]1CN(C(=O)[C@@H]2CC(=O)N(CCc3ccc(F)cc3)C2)C[C@H](C)O1. The van der Waals surface area contributed by atoms with Gasteiger partial charge in [0.1, 0.15) is 5.82 Å². The number of hydrogen-bond acceptors (Lipinski definition) is 3. The number of rotatable bonds is 4. The maximum atomic E-state index is 12.9. The average molecular weight is 348 g/mol. The number of benzene rings is 1. The van der Waals surface area contributed by atoms with E-state index < -0.39 is 0 Å². The van der Waals surface area contributed by atoms with E-state index in [0.29, 0.717) is 32.6 Å². The third kappa shape index (κ3) is 4.37. The van der Waals surface area contributed by atoms with Crippen LogP contribution in [-0.2, 0) is 20.7 Å². The highest BCUT2D eigenvalue weighted by Crippen LogP contribution is 2.23. The van der Waals surface area contributed by atoms with E-state index in [1.165, 1.54) is 12.1 Å². The monoisotopic (exact) mass is 348 g/mol. The Kier molecular flexibility index (Phi) is 5.37. The standard InChI is InChI=1S/C19H25FN2O3/c1-13-10-22(11-14(2)25-13)19(24)16-9-18(23)21(12-16)8-7-15-3-5-17(20)6-4-15/h3-6,13-14,16H,7-12H2,1-2H3/t13-,14-,16+/m0/s1. The molecule has 0 aromatic heterocycles. The second kappa shape index (κ2) is 7.52. The molecule has 0 saturated carbocycles. The van der Waals surface area contributed by atoms with E-state index in [0.717, 1.165) is 5.56 Å². The van der Waals surface area contributed by atoms with Crippen molar-refractivity contribution in [1.29, 1.82) is 0 Å². The fourth-order valence-corrected chi connectivity index (χ4v) is 3.68. The molecule has 25 heavy (non-hydrogen) atoms. The van der Waals surface area contributed by atoms with Crippen LogP contribution in [0.2, 0.25) is 0 Å². The van der Waals surface area contributed by atoms with Crippen LogP contribution in [0, 0.1) is 11.7 Å². The minimum atomic E-state index is -0.266. The van der Waals surface area contributed by atoms with E-state index in [1.807, 2.05) is 18.7 Å². The van der Waals surface area contributed by atoms with E-state index >= 15 is 0 Å². The molecule has 0 radical (unpaired) electrons. The Hall–Kier alpha value is -1.95. The molecule has 2 heterocycles. The molecule has 3 rings (SSSR count). The molecule has 2 saturated heterocycles. The molecule has 1 aromatic rings. The quantitative estimate of drug-likeness (QED) is 0.834. The predicted molar refractivity (Wildman–Crippen MR) is 91.4 cm³/mol. The summed E-state index contributed by atoms with van der Waals surface area (Å²) in [6.45, 7) is 6.13. The molecule has 1 aromatic carbocycles. The minimum absolute atomic E-state index is 0.0230. The van der Waals surface area contributed by atoms with Crippen molar-refractivity contribution in [2.24, 2.45) is 5.92 Å².